The molecule has 0 unspecified atom stereocenters. The molecular weight excluding hydrogens is 414 g/mol. The van der Waals surface area contributed by atoms with E-state index in [0.717, 1.165) is 5.56 Å². The van der Waals surface area contributed by atoms with Crippen LogP contribution < -0.4 is 5.32 Å². The van der Waals surface area contributed by atoms with Gasteiger partial charge in [0.2, 0.25) is 11.8 Å². The van der Waals surface area contributed by atoms with Crippen LogP contribution in [0.3, 0.4) is 0 Å². The monoisotopic (exact) mass is 445 g/mol. The molecule has 32 heavy (non-hydrogen) atoms. The van der Waals surface area contributed by atoms with Crippen LogP contribution in [0.4, 0.5) is 4.79 Å². The van der Waals surface area contributed by atoms with Gasteiger partial charge in [-0.1, -0.05) is 44.2 Å². The Morgan fingerprint density at radius 2 is 1.81 bits per heavy atom. The van der Waals surface area contributed by atoms with E-state index < -0.39 is 30.6 Å². The molecule has 10 nitrogen and oxygen atoms in total. The molecule has 0 radical (unpaired) electrons. The molecule has 2 N–H and O–H groups in total. The number of nitrogens with zero attached hydrogens (tertiary/aromatic N) is 4. The van der Waals surface area contributed by atoms with E-state index in [1.807, 2.05) is 44.2 Å². The zero-order valence-electron chi connectivity index (χ0n) is 18.7. The molecule has 2 atom stereocenters. The third kappa shape index (κ3) is 4.69. The smallest absolute Gasteiger partial charge is 0.334 e. The van der Waals surface area contributed by atoms with Gasteiger partial charge in [0.25, 0.3) is 0 Å². The Hall–Kier alpha value is -3.14. The van der Waals surface area contributed by atoms with Crippen molar-refractivity contribution in [2.75, 3.05) is 20.1 Å². The van der Waals surface area contributed by atoms with E-state index >= 15 is 0 Å². The van der Waals surface area contributed by atoms with Crippen molar-refractivity contribution in [3.8, 4) is 0 Å². The number of carboxylic acids is 1. The number of carbonyl (C=O) groups is 4. The van der Waals surface area contributed by atoms with Crippen molar-refractivity contribution in [3.63, 3.8) is 0 Å². The first-order valence-corrected chi connectivity index (χ1v) is 10.9. The van der Waals surface area contributed by atoms with Crippen molar-refractivity contribution < 1.29 is 24.3 Å². The van der Waals surface area contributed by atoms with Crippen LogP contribution in [0.25, 0.3) is 0 Å². The first kappa shape index (κ1) is 23.5. The summed E-state index contributed by atoms with van der Waals surface area (Å²) in [5.74, 6) is -1.91. The van der Waals surface area contributed by atoms with Gasteiger partial charge in [-0.3, -0.25) is 14.4 Å². The van der Waals surface area contributed by atoms with Gasteiger partial charge in [0, 0.05) is 19.6 Å². The fourth-order valence-corrected chi connectivity index (χ4v) is 4.54. The number of benzene rings is 1. The Morgan fingerprint density at radius 3 is 2.41 bits per heavy atom. The van der Waals surface area contributed by atoms with Crippen molar-refractivity contribution in [2.45, 2.75) is 57.9 Å². The zero-order valence-corrected chi connectivity index (χ0v) is 18.7. The summed E-state index contributed by atoms with van der Waals surface area (Å²) in [6.45, 7) is 4.24. The van der Waals surface area contributed by atoms with Crippen LogP contribution in [-0.2, 0) is 20.9 Å². The summed E-state index contributed by atoms with van der Waals surface area (Å²) in [6, 6.07) is 7.79. The van der Waals surface area contributed by atoms with E-state index in [1.54, 1.807) is 11.9 Å². The Kier molecular flexibility index (Phi) is 7.34. The maximum absolute atomic E-state index is 13.2. The number of hydrogen-bond acceptors (Lipinski definition) is 5. The van der Waals surface area contributed by atoms with Crippen LogP contribution in [0, 0.1) is 0 Å². The number of amides is 4. The lowest BCUT2D eigenvalue weighted by molar-refractivity contribution is -0.190. The zero-order chi connectivity index (χ0) is 23.4. The Morgan fingerprint density at radius 1 is 1.16 bits per heavy atom. The largest absolute Gasteiger partial charge is 0.481 e. The molecule has 3 rings (SSSR count). The molecule has 0 saturated carbocycles. The summed E-state index contributed by atoms with van der Waals surface area (Å²) in [4.78, 5) is 53.8. The fourth-order valence-electron chi connectivity index (χ4n) is 4.54. The lowest BCUT2D eigenvalue weighted by atomic mass is 10.00. The molecule has 0 bridgehead atoms. The quantitative estimate of drug-likeness (QED) is 0.650. The Bertz CT molecular complexity index is 860. The highest BCUT2D eigenvalue weighted by Gasteiger charge is 2.52. The Labute approximate surface area is 187 Å². The van der Waals surface area contributed by atoms with E-state index in [0.29, 0.717) is 19.4 Å². The fraction of sp³-hybridized carbons (Fsp3) is 0.545. The standard InChI is InChI=1S/C22H31N5O5/c1-4-16(5-2)25-13-18-26(17(21(25)31)11-20(29)30)19(28)14-24(3)27(18)22(32)23-12-15-9-7-6-8-10-15/h6-10,16-18H,4-5,11-14H2,1-3H3,(H,23,32)(H,29,30)/t17-,18-/m0/s1. The topological polar surface area (TPSA) is 114 Å². The molecule has 2 fully saturated rings. The van der Waals surface area contributed by atoms with E-state index in [-0.39, 0.29) is 30.9 Å². The van der Waals surface area contributed by atoms with Crippen molar-refractivity contribution in [2.24, 2.45) is 0 Å². The highest BCUT2D eigenvalue weighted by atomic mass is 16.4. The van der Waals surface area contributed by atoms with Crippen molar-refractivity contribution in [1.82, 2.24) is 25.1 Å². The second-order valence-electron chi connectivity index (χ2n) is 8.16. The number of nitrogens with one attached hydrogen (secondary N) is 1. The predicted octanol–water partition coefficient (Wildman–Crippen LogP) is 1.09. The summed E-state index contributed by atoms with van der Waals surface area (Å²) in [7, 11) is 1.64. The minimum atomic E-state index is -1.17. The lowest BCUT2D eigenvalue weighted by Gasteiger charge is -2.55. The van der Waals surface area contributed by atoms with Gasteiger partial charge in [0.15, 0.2) is 0 Å². The summed E-state index contributed by atoms with van der Waals surface area (Å²) in [5.41, 5.74) is 0.926. The van der Waals surface area contributed by atoms with Crippen molar-refractivity contribution in [3.05, 3.63) is 35.9 Å². The molecule has 2 heterocycles. The number of fused-ring (bicyclic) bond motifs is 1. The number of piperazine rings is 1. The second kappa shape index (κ2) is 9.99. The molecule has 0 aromatic heterocycles. The van der Waals surface area contributed by atoms with Crippen LogP contribution in [0.2, 0.25) is 0 Å². The van der Waals surface area contributed by atoms with E-state index in [2.05, 4.69) is 5.32 Å². The molecule has 174 valence electrons. The third-order valence-corrected chi connectivity index (χ3v) is 6.13. The van der Waals surface area contributed by atoms with Gasteiger partial charge >= 0.3 is 12.0 Å². The summed E-state index contributed by atoms with van der Waals surface area (Å²) >= 11 is 0. The second-order valence-corrected chi connectivity index (χ2v) is 8.16. The van der Waals surface area contributed by atoms with Gasteiger partial charge < -0.3 is 20.2 Å². The van der Waals surface area contributed by atoms with Crippen LogP contribution in [-0.4, -0.2) is 87.1 Å². The van der Waals surface area contributed by atoms with Crippen LogP contribution in [0.1, 0.15) is 38.7 Å². The molecule has 2 saturated heterocycles. The summed E-state index contributed by atoms with van der Waals surface area (Å²) < 4.78 is 0. The van der Waals surface area contributed by atoms with Crippen LogP contribution in [0.15, 0.2) is 30.3 Å². The molecule has 10 heteroatoms. The van der Waals surface area contributed by atoms with Gasteiger partial charge in [-0.25, -0.2) is 14.8 Å². The molecular formula is C22H31N5O5. The van der Waals surface area contributed by atoms with Gasteiger partial charge in [-0.05, 0) is 18.4 Å². The minimum Gasteiger partial charge on any atom is -0.481 e. The van der Waals surface area contributed by atoms with E-state index in [9.17, 15) is 24.3 Å². The average molecular weight is 446 g/mol. The van der Waals surface area contributed by atoms with Crippen molar-refractivity contribution in [1.29, 1.82) is 0 Å². The first-order chi connectivity index (χ1) is 15.3. The van der Waals surface area contributed by atoms with E-state index in [1.165, 1.54) is 14.9 Å². The third-order valence-electron chi connectivity index (χ3n) is 6.13. The van der Waals surface area contributed by atoms with Crippen LogP contribution in [0.5, 0.6) is 0 Å². The average Bonchev–Trinajstić information content (AvgIpc) is 2.76. The van der Waals surface area contributed by atoms with Gasteiger partial charge in [-0.15, -0.1) is 0 Å². The maximum atomic E-state index is 13.2. The van der Waals surface area contributed by atoms with E-state index in [4.69, 9.17) is 0 Å². The predicted molar refractivity (Wildman–Crippen MR) is 116 cm³/mol. The molecule has 2 aliphatic rings. The molecule has 2 aliphatic heterocycles. The summed E-state index contributed by atoms with van der Waals surface area (Å²) in [5, 5.41) is 15.3. The number of carboxylic acid groups (broad SMARTS) is 1. The minimum absolute atomic E-state index is 0.0995. The number of hydrogen-bond donors (Lipinski definition) is 2. The van der Waals surface area contributed by atoms with Gasteiger partial charge in [0.05, 0.1) is 19.5 Å². The SMILES string of the molecule is CCC(CC)N1C[C@H]2N(C(=O)CN(C)N2C(=O)NCc2ccccc2)[C@@H](CC(=O)O)C1=O. The highest BCUT2D eigenvalue weighted by Crippen LogP contribution is 2.29. The number of hydrazine groups is 1. The summed E-state index contributed by atoms with van der Waals surface area (Å²) in [6.07, 6.45) is 0.109. The number of carbonyl (C=O) groups excluding carboxylic acids is 3. The number of urea groups is 1. The molecule has 0 spiro atoms. The molecule has 1 aromatic rings. The molecule has 4 amide bonds. The lowest BCUT2D eigenvalue weighted by Crippen LogP contribution is -2.76. The maximum Gasteiger partial charge on any atom is 0.334 e. The first-order valence-electron chi connectivity index (χ1n) is 10.9. The van der Waals surface area contributed by atoms with Crippen LogP contribution >= 0.6 is 0 Å². The van der Waals surface area contributed by atoms with Gasteiger partial charge in [-0.2, -0.15) is 0 Å². The van der Waals surface area contributed by atoms with Crippen molar-refractivity contribution >= 4 is 23.8 Å². The molecule has 1 aromatic carbocycles. The molecule has 0 aliphatic carbocycles. The normalized spacial score (nSPS) is 21.7. The number of aliphatic carboxylic acids is 1. The van der Waals surface area contributed by atoms with Gasteiger partial charge in [0.1, 0.15) is 12.2 Å². The number of likely N-dealkylation sites (N-methyl/N-ethyl adjacent to an activating group) is 1. The number of rotatable bonds is 7. The Balaban J connectivity index is 1.91. The highest BCUT2D eigenvalue weighted by molar-refractivity contribution is 5.93.